The minimum Gasteiger partial charge on any atom is -0.392 e. The minimum atomic E-state index is -0.389. The zero-order valence-electron chi connectivity index (χ0n) is 9.11. The highest BCUT2D eigenvalue weighted by molar-refractivity contribution is 8.17. The summed E-state index contributed by atoms with van der Waals surface area (Å²) in [5.74, 6) is 0.782. The molecule has 4 nitrogen and oxygen atoms in total. The number of aliphatic hydroxyl groups excluding tert-OH is 1. The maximum absolute atomic E-state index is 10.5. The van der Waals surface area contributed by atoms with E-state index in [1.54, 1.807) is 35.7 Å². The van der Waals surface area contributed by atoms with E-state index in [1.165, 1.54) is 12.1 Å². The minimum absolute atomic E-state index is 0.126. The molecule has 0 spiro atoms. The lowest BCUT2D eigenvalue weighted by Crippen LogP contribution is -2.19. The van der Waals surface area contributed by atoms with Crippen molar-refractivity contribution >= 4 is 29.2 Å². The molecule has 1 aromatic carbocycles. The summed E-state index contributed by atoms with van der Waals surface area (Å²) in [6.45, 7) is 0. The molecule has 1 heterocycles. The normalized spacial score (nSPS) is 24.5. The number of hydrogen-bond donors (Lipinski definition) is 1. The molecule has 0 saturated carbocycles. The van der Waals surface area contributed by atoms with E-state index in [4.69, 9.17) is 0 Å². The molecule has 0 aromatic heterocycles. The number of nitro benzene ring substituents is 1. The standard InChI is InChI=1S/C11H13NO3S2/c13-9-3-6-11(16-7-9)17-10-4-1-8(2-5-10)12(14)15/h1-2,4-5,9,11,13H,3,6-7H2/t9-,11-/m0/s1. The third kappa shape index (κ3) is 3.62. The van der Waals surface area contributed by atoms with Gasteiger partial charge in [-0.25, -0.2) is 0 Å². The second-order valence-electron chi connectivity index (χ2n) is 3.86. The van der Waals surface area contributed by atoms with Gasteiger partial charge in [-0.1, -0.05) is 0 Å². The Morgan fingerprint density at radius 1 is 1.35 bits per heavy atom. The predicted octanol–water partition coefficient (Wildman–Crippen LogP) is 2.90. The first-order chi connectivity index (χ1) is 8.15. The number of aliphatic hydroxyl groups is 1. The van der Waals surface area contributed by atoms with Gasteiger partial charge in [0.2, 0.25) is 0 Å². The number of nitro groups is 1. The van der Waals surface area contributed by atoms with E-state index in [0.29, 0.717) is 4.58 Å². The van der Waals surface area contributed by atoms with E-state index in [0.717, 1.165) is 23.5 Å². The van der Waals surface area contributed by atoms with Crippen LogP contribution in [0.3, 0.4) is 0 Å². The SMILES string of the molecule is O=[N+]([O-])c1ccc(S[C@H]2CC[C@H](O)CS2)cc1. The zero-order valence-corrected chi connectivity index (χ0v) is 10.7. The lowest BCUT2D eigenvalue weighted by molar-refractivity contribution is -0.384. The number of nitrogens with zero attached hydrogens (tertiary/aromatic N) is 1. The van der Waals surface area contributed by atoms with Crippen molar-refractivity contribution in [2.75, 3.05) is 5.75 Å². The van der Waals surface area contributed by atoms with Crippen LogP contribution in [0.4, 0.5) is 5.69 Å². The monoisotopic (exact) mass is 271 g/mol. The Bertz CT molecular complexity index is 388. The molecule has 1 aliphatic heterocycles. The van der Waals surface area contributed by atoms with Gasteiger partial charge in [-0.15, -0.1) is 23.5 Å². The summed E-state index contributed by atoms with van der Waals surface area (Å²) in [6, 6.07) is 6.64. The molecule has 92 valence electrons. The van der Waals surface area contributed by atoms with Crippen molar-refractivity contribution in [3.63, 3.8) is 0 Å². The van der Waals surface area contributed by atoms with Crippen LogP contribution in [0.15, 0.2) is 29.2 Å². The van der Waals surface area contributed by atoms with Crippen LogP contribution in [0.1, 0.15) is 12.8 Å². The van der Waals surface area contributed by atoms with Gasteiger partial charge in [0, 0.05) is 22.8 Å². The molecule has 0 radical (unpaired) electrons. The fraction of sp³-hybridized carbons (Fsp3) is 0.455. The van der Waals surface area contributed by atoms with Gasteiger partial charge >= 0.3 is 0 Å². The first-order valence-corrected chi connectivity index (χ1v) is 7.29. The third-order valence-electron chi connectivity index (χ3n) is 2.53. The molecule has 0 unspecified atom stereocenters. The van der Waals surface area contributed by atoms with E-state index < -0.39 is 0 Å². The predicted molar refractivity (Wildman–Crippen MR) is 70.4 cm³/mol. The smallest absolute Gasteiger partial charge is 0.269 e. The van der Waals surface area contributed by atoms with Gasteiger partial charge in [0.1, 0.15) is 0 Å². The van der Waals surface area contributed by atoms with Crippen molar-refractivity contribution in [3.05, 3.63) is 34.4 Å². The van der Waals surface area contributed by atoms with Gasteiger partial charge in [0.15, 0.2) is 0 Å². The molecular weight excluding hydrogens is 258 g/mol. The van der Waals surface area contributed by atoms with Gasteiger partial charge in [-0.05, 0) is 25.0 Å². The van der Waals surface area contributed by atoms with Gasteiger partial charge < -0.3 is 5.11 Å². The summed E-state index contributed by atoms with van der Waals surface area (Å²) in [5.41, 5.74) is 0.126. The largest absolute Gasteiger partial charge is 0.392 e. The Balaban J connectivity index is 1.92. The average molecular weight is 271 g/mol. The topological polar surface area (TPSA) is 63.4 Å². The second-order valence-corrected chi connectivity index (χ2v) is 6.67. The van der Waals surface area contributed by atoms with Gasteiger partial charge in [0.05, 0.1) is 15.6 Å². The molecule has 1 fully saturated rings. The van der Waals surface area contributed by atoms with E-state index in [-0.39, 0.29) is 16.7 Å². The Morgan fingerprint density at radius 3 is 2.59 bits per heavy atom. The molecule has 1 N–H and O–H groups in total. The zero-order chi connectivity index (χ0) is 12.3. The Kier molecular flexibility index (Phi) is 4.31. The Labute approximate surface area is 108 Å². The molecule has 6 heteroatoms. The maximum atomic E-state index is 10.5. The maximum Gasteiger partial charge on any atom is 0.269 e. The van der Waals surface area contributed by atoms with Crippen molar-refractivity contribution in [1.82, 2.24) is 0 Å². The van der Waals surface area contributed by atoms with Crippen LogP contribution < -0.4 is 0 Å². The van der Waals surface area contributed by atoms with E-state index in [2.05, 4.69) is 0 Å². The molecule has 0 amide bonds. The summed E-state index contributed by atoms with van der Waals surface area (Å²) in [6.07, 6.45) is 1.65. The number of rotatable bonds is 3. The molecule has 2 rings (SSSR count). The van der Waals surface area contributed by atoms with Crippen molar-refractivity contribution in [1.29, 1.82) is 0 Å². The van der Waals surface area contributed by atoms with Gasteiger partial charge in [-0.3, -0.25) is 10.1 Å². The summed E-state index contributed by atoms with van der Waals surface area (Å²) in [5, 5.41) is 19.9. The molecule has 17 heavy (non-hydrogen) atoms. The number of benzene rings is 1. The molecule has 1 aliphatic rings. The van der Waals surface area contributed by atoms with Crippen molar-refractivity contribution < 1.29 is 10.0 Å². The van der Waals surface area contributed by atoms with Crippen molar-refractivity contribution in [2.45, 2.75) is 28.4 Å². The summed E-state index contributed by atoms with van der Waals surface area (Å²) in [4.78, 5) is 11.2. The highest BCUT2D eigenvalue weighted by atomic mass is 32.2. The number of hydrogen-bond acceptors (Lipinski definition) is 5. The molecule has 2 atom stereocenters. The molecular formula is C11H13NO3S2. The van der Waals surface area contributed by atoms with Crippen molar-refractivity contribution in [3.8, 4) is 0 Å². The van der Waals surface area contributed by atoms with Crippen LogP contribution in [0.25, 0.3) is 0 Å². The summed E-state index contributed by atoms with van der Waals surface area (Å²) >= 11 is 3.47. The van der Waals surface area contributed by atoms with Crippen LogP contribution >= 0.6 is 23.5 Å². The van der Waals surface area contributed by atoms with Crippen LogP contribution in [-0.4, -0.2) is 26.5 Å². The van der Waals surface area contributed by atoms with Crippen LogP contribution in [-0.2, 0) is 0 Å². The van der Waals surface area contributed by atoms with E-state index in [9.17, 15) is 15.2 Å². The Hall–Kier alpha value is -0.720. The second kappa shape index (κ2) is 5.75. The van der Waals surface area contributed by atoms with Gasteiger partial charge in [0.25, 0.3) is 5.69 Å². The fourth-order valence-corrected chi connectivity index (χ4v) is 4.20. The summed E-state index contributed by atoms with van der Waals surface area (Å²) < 4.78 is 0.444. The highest BCUT2D eigenvalue weighted by Crippen LogP contribution is 2.38. The Morgan fingerprint density at radius 2 is 2.06 bits per heavy atom. The lowest BCUT2D eigenvalue weighted by atomic mass is 10.2. The van der Waals surface area contributed by atoms with Crippen LogP contribution in [0.2, 0.25) is 0 Å². The molecule has 0 aliphatic carbocycles. The summed E-state index contributed by atoms with van der Waals surface area (Å²) in [7, 11) is 0. The number of non-ortho nitro benzene ring substituents is 1. The average Bonchev–Trinajstić information content (AvgIpc) is 2.33. The van der Waals surface area contributed by atoms with Gasteiger partial charge in [-0.2, -0.15) is 0 Å². The quantitative estimate of drug-likeness (QED) is 0.676. The van der Waals surface area contributed by atoms with Crippen LogP contribution in [0.5, 0.6) is 0 Å². The first kappa shape index (κ1) is 12.7. The first-order valence-electron chi connectivity index (χ1n) is 5.36. The number of thioether (sulfide) groups is 2. The highest BCUT2D eigenvalue weighted by Gasteiger charge is 2.20. The van der Waals surface area contributed by atoms with Crippen LogP contribution in [0, 0.1) is 10.1 Å². The molecule has 0 bridgehead atoms. The molecule has 1 aromatic rings. The molecule has 1 saturated heterocycles. The fourth-order valence-electron chi connectivity index (χ4n) is 1.60. The van der Waals surface area contributed by atoms with Crippen molar-refractivity contribution in [2.24, 2.45) is 0 Å². The third-order valence-corrected chi connectivity index (χ3v) is 5.45. The lowest BCUT2D eigenvalue weighted by Gasteiger charge is -2.24. The van der Waals surface area contributed by atoms with E-state index in [1.807, 2.05) is 0 Å². The van der Waals surface area contributed by atoms with E-state index >= 15 is 0 Å².